The van der Waals surface area contributed by atoms with Crippen molar-refractivity contribution < 1.29 is 0 Å². The van der Waals surface area contributed by atoms with Crippen LogP contribution in [0.15, 0.2) is 48.5 Å². The van der Waals surface area contributed by atoms with Crippen molar-refractivity contribution in [3.8, 4) is 11.8 Å². The number of aryl methyl sites for hydroxylation is 2. The number of fused-ring (bicyclic) bond motifs is 1. The molecule has 32 heavy (non-hydrogen) atoms. The number of aromatic amines is 1. The molecular weight excluding hydrogens is 394 g/mol. The molecule has 4 aromatic rings. The van der Waals surface area contributed by atoms with E-state index in [4.69, 9.17) is 0 Å². The van der Waals surface area contributed by atoms with Crippen LogP contribution in [-0.4, -0.2) is 27.6 Å². The van der Waals surface area contributed by atoms with Crippen LogP contribution in [0.4, 0.5) is 5.69 Å². The largest absolute Gasteiger partial charge is 0.372 e. The molecule has 0 saturated carbocycles. The Hall–Kier alpha value is -3.78. The highest BCUT2D eigenvalue weighted by Crippen LogP contribution is 2.27. The van der Waals surface area contributed by atoms with Crippen molar-refractivity contribution in [1.82, 2.24) is 14.5 Å². The number of rotatable bonds is 6. The highest BCUT2D eigenvalue weighted by molar-refractivity contribution is 5.91. The van der Waals surface area contributed by atoms with Crippen LogP contribution in [0.3, 0.4) is 0 Å². The lowest BCUT2D eigenvalue weighted by Gasteiger charge is -2.21. The molecule has 0 spiro atoms. The van der Waals surface area contributed by atoms with Gasteiger partial charge in [-0.2, -0.15) is 5.26 Å². The van der Waals surface area contributed by atoms with Gasteiger partial charge in [-0.05, 0) is 94.3 Å². The molecule has 5 nitrogen and oxygen atoms in total. The van der Waals surface area contributed by atoms with Crippen LogP contribution in [0.2, 0.25) is 0 Å². The van der Waals surface area contributed by atoms with Crippen molar-refractivity contribution >= 4 is 28.4 Å². The van der Waals surface area contributed by atoms with Crippen LogP contribution < -0.4 is 4.90 Å². The number of anilines is 1. The minimum Gasteiger partial charge on any atom is -0.372 e. The molecule has 0 unspecified atom stereocenters. The monoisotopic (exact) mass is 423 g/mol. The maximum absolute atomic E-state index is 9.84. The predicted molar refractivity (Wildman–Crippen MR) is 133 cm³/mol. The number of H-pyrrole nitrogens is 1. The lowest BCUT2D eigenvalue weighted by atomic mass is 10.1. The highest BCUT2D eigenvalue weighted by Gasteiger charge is 2.13. The fourth-order valence-corrected chi connectivity index (χ4v) is 4.29. The summed E-state index contributed by atoms with van der Waals surface area (Å²) < 4.78 is 2.23. The SMILES string of the molecule is CCN(CC)c1ccc(-n2c(C)cc(C=C(C#N)c3nc4ccc(C)cc4[nH]3)c2C)cc1. The van der Waals surface area contributed by atoms with Crippen molar-refractivity contribution in [3.05, 3.63) is 76.9 Å². The third-order valence-electron chi connectivity index (χ3n) is 6.02. The van der Waals surface area contributed by atoms with Gasteiger partial charge < -0.3 is 14.5 Å². The highest BCUT2D eigenvalue weighted by atomic mass is 15.1. The van der Waals surface area contributed by atoms with Crippen LogP contribution in [0.25, 0.3) is 28.4 Å². The molecule has 0 radical (unpaired) electrons. The van der Waals surface area contributed by atoms with Gasteiger partial charge in [0.05, 0.1) is 16.6 Å². The Morgan fingerprint density at radius 1 is 1.06 bits per heavy atom. The molecule has 0 aliphatic heterocycles. The molecule has 162 valence electrons. The Kier molecular flexibility index (Phi) is 5.87. The van der Waals surface area contributed by atoms with Crippen LogP contribution in [0, 0.1) is 32.1 Å². The number of imidazole rings is 1. The number of aromatic nitrogens is 3. The second-order valence-corrected chi connectivity index (χ2v) is 8.13. The number of hydrogen-bond donors (Lipinski definition) is 1. The number of nitrogens with zero attached hydrogens (tertiary/aromatic N) is 4. The summed E-state index contributed by atoms with van der Waals surface area (Å²) in [4.78, 5) is 10.3. The fraction of sp³-hybridized carbons (Fsp3) is 0.259. The van der Waals surface area contributed by atoms with Gasteiger partial charge in [0.1, 0.15) is 11.9 Å². The topological polar surface area (TPSA) is 60.6 Å². The number of nitrogens with one attached hydrogen (secondary N) is 1. The molecule has 2 heterocycles. The van der Waals surface area contributed by atoms with Crippen molar-refractivity contribution in [2.45, 2.75) is 34.6 Å². The molecule has 0 amide bonds. The van der Waals surface area contributed by atoms with Crippen molar-refractivity contribution in [2.75, 3.05) is 18.0 Å². The molecule has 5 heteroatoms. The molecule has 0 saturated heterocycles. The lowest BCUT2D eigenvalue weighted by molar-refractivity contribution is 0.865. The quantitative estimate of drug-likeness (QED) is 0.376. The number of allylic oxidation sites excluding steroid dienone is 1. The smallest absolute Gasteiger partial charge is 0.149 e. The molecule has 1 N–H and O–H groups in total. The van der Waals surface area contributed by atoms with Crippen LogP contribution in [0.1, 0.15) is 42.2 Å². The fourth-order valence-electron chi connectivity index (χ4n) is 4.29. The third-order valence-corrected chi connectivity index (χ3v) is 6.02. The van der Waals surface area contributed by atoms with Crippen LogP contribution in [-0.2, 0) is 0 Å². The van der Waals surface area contributed by atoms with E-state index < -0.39 is 0 Å². The maximum atomic E-state index is 9.84. The maximum Gasteiger partial charge on any atom is 0.149 e. The van der Waals surface area contributed by atoms with Gasteiger partial charge in [-0.25, -0.2) is 4.98 Å². The molecule has 0 aliphatic carbocycles. The second-order valence-electron chi connectivity index (χ2n) is 8.13. The van der Waals surface area contributed by atoms with Gasteiger partial charge in [-0.15, -0.1) is 0 Å². The predicted octanol–water partition coefficient (Wildman–Crippen LogP) is 6.19. The van der Waals surface area contributed by atoms with E-state index in [1.807, 2.05) is 25.1 Å². The zero-order chi connectivity index (χ0) is 22.8. The molecule has 0 aliphatic rings. The first-order valence-electron chi connectivity index (χ1n) is 11.1. The van der Waals surface area contributed by atoms with Gasteiger partial charge in [-0.3, -0.25) is 0 Å². The van der Waals surface area contributed by atoms with E-state index in [1.54, 1.807) is 0 Å². The Balaban J connectivity index is 1.71. The summed E-state index contributed by atoms with van der Waals surface area (Å²) in [5.41, 5.74) is 9.08. The Morgan fingerprint density at radius 2 is 1.78 bits per heavy atom. The van der Waals surface area contributed by atoms with Crippen LogP contribution in [0.5, 0.6) is 0 Å². The van der Waals surface area contributed by atoms with Crippen LogP contribution >= 0.6 is 0 Å². The summed E-state index contributed by atoms with van der Waals surface area (Å²) in [6.07, 6.45) is 1.92. The number of hydrogen-bond acceptors (Lipinski definition) is 3. The zero-order valence-corrected chi connectivity index (χ0v) is 19.4. The summed E-state index contributed by atoms with van der Waals surface area (Å²) in [7, 11) is 0. The standard InChI is InChI=1S/C27H29N5/c1-6-31(7-2)23-9-11-24(12-10-23)32-19(4)15-21(20(32)5)16-22(17-28)27-29-25-13-8-18(3)14-26(25)30-27/h8-16H,6-7H2,1-5H3,(H,29,30). The van der Waals surface area contributed by atoms with Gasteiger partial charge in [0.15, 0.2) is 0 Å². The molecule has 4 rings (SSSR count). The Bertz CT molecular complexity index is 1330. The number of benzene rings is 2. The van der Waals surface area contributed by atoms with Gasteiger partial charge in [-0.1, -0.05) is 6.07 Å². The second kappa shape index (κ2) is 8.76. The summed E-state index contributed by atoms with van der Waals surface area (Å²) in [5, 5.41) is 9.84. The summed E-state index contributed by atoms with van der Waals surface area (Å²) in [6.45, 7) is 12.6. The van der Waals surface area contributed by atoms with Crippen molar-refractivity contribution in [1.29, 1.82) is 5.26 Å². The van der Waals surface area contributed by atoms with Gasteiger partial charge >= 0.3 is 0 Å². The number of nitriles is 1. The van der Waals surface area contributed by atoms with E-state index in [1.165, 1.54) is 5.69 Å². The molecule has 0 bridgehead atoms. The summed E-state index contributed by atoms with van der Waals surface area (Å²) in [6, 6.07) is 19.2. The van der Waals surface area contributed by atoms with Crippen molar-refractivity contribution in [3.63, 3.8) is 0 Å². The minimum absolute atomic E-state index is 0.524. The van der Waals surface area contributed by atoms with E-state index in [9.17, 15) is 5.26 Å². The van der Waals surface area contributed by atoms with Crippen molar-refractivity contribution in [2.24, 2.45) is 0 Å². The minimum atomic E-state index is 0.524. The van der Waals surface area contributed by atoms with E-state index in [0.717, 1.165) is 52.3 Å². The van der Waals surface area contributed by atoms with E-state index >= 15 is 0 Å². The van der Waals surface area contributed by atoms with E-state index in [0.29, 0.717) is 11.4 Å². The van der Waals surface area contributed by atoms with Gasteiger partial charge in [0, 0.05) is 35.9 Å². The van der Waals surface area contributed by atoms with E-state index in [2.05, 4.69) is 89.6 Å². The summed E-state index contributed by atoms with van der Waals surface area (Å²) in [5.74, 6) is 0.599. The first kappa shape index (κ1) is 21.5. The zero-order valence-electron chi connectivity index (χ0n) is 19.4. The van der Waals surface area contributed by atoms with Gasteiger partial charge in [0.2, 0.25) is 0 Å². The average Bonchev–Trinajstić information content (AvgIpc) is 3.33. The molecule has 2 aromatic carbocycles. The van der Waals surface area contributed by atoms with Gasteiger partial charge in [0.25, 0.3) is 0 Å². The molecule has 2 aromatic heterocycles. The lowest BCUT2D eigenvalue weighted by Crippen LogP contribution is -2.21. The molecular formula is C27H29N5. The normalized spacial score (nSPS) is 11.7. The van der Waals surface area contributed by atoms with E-state index in [-0.39, 0.29) is 0 Å². The summed E-state index contributed by atoms with van der Waals surface area (Å²) >= 11 is 0. The average molecular weight is 424 g/mol. The first-order chi connectivity index (χ1) is 15.4. The molecule has 0 fully saturated rings. The Labute approximate surface area is 189 Å². The first-order valence-corrected chi connectivity index (χ1v) is 11.1. The Morgan fingerprint density at radius 3 is 2.44 bits per heavy atom. The third kappa shape index (κ3) is 3.92. The molecule has 0 atom stereocenters.